The molecule has 0 aliphatic heterocycles. The van der Waals surface area contributed by atoms with Gasteiger partial charge < -0.3 is 5.32 Å². The summed E-state index contributed by atoms with van der Waals surface area (Å²) in [6, 6.07) is 10.4. The monoisotopic (exact) mass is 310 g/mol. The van der Waals surface area contributed by atoms with Crippen molar-refractivity contribution < 1.29 is 4.79 Å². The first kappa shape index (κ1) is 12.1. The lowest BCUT2D eigenvalue weighted by atomic mass is 10.2. The van der Waals surface area contributed by atoms with Crippen LogP contribution in [0.4, 0.5) is 5.69 Å². The van der Waals surface area contributed by atoms with E-state index in [-0.39, 0.29) is 5.91 Å². The van der Waals surface area contributed by atoms with E-state index in [1.54, 1.807) is 36.5 Å². The Morgan fingerprint density at radius 1 is 1.29 bits per heavy atom. The highest BCUT2D eigenvalue weighted by molar-refractivity contribution is 9.10. The predicted molar refractivity (Wildman–Crippen MR) is 71.3 cm³/mol. The highest BCUT2D eigenvalue weighted by Crippen LogP contribution is 2.15. The molecule has 1 aromatic heterocycles. The van der Waals surface area contributed by atoms with E-state index in [1.165, 1.54) is 0 Å². The number of nitrogens with one attached hydrogen (secondary N) is 1. The molecule has 0 aliphatic carbocycles. The van der Waals surface area contributed by atoms with E-state index < -0.39 is 0 Å². The third-order valence-corrected chi connectivity index (χ3v) is 2.77. The molecule has 0 saturated carbocycles. The summed E-state index contributed by atoms with van der Waals surface area (Å²) in [7, 11) is 0. The van der Waals surface area contributed by atoms with Crippen molar-refractivity contribution >= 4 is 39.1 Å². The SMILES string of the molecule is O=C(Nc1ccnc(Cl)c1)c1cccc(Br)c1. The molecule has 17 heavy (non-hydrogen) atoms. The maximum Gasteiger partial charge on any atom is 0.255 e. The lowest BCUT2D eigenvalue weighted by molar-refractivity contribution is 0.102. The number of pyridine rings is 1. The van der Waals surface area contributed by atoms with Crippen molar-refractivity contribution in [1.29, 1.82) is 0 Å². The van der Waals surface area contributed by atoms with Gasteiger partial charge in [-0.2, -0.15) is 0 Å². The maximum absolute atomic E-state index is 11.9. The Balaban J connectivity index is 2.17. The lowest BCUT2D eigenvalue weighted by Gasteiger charge is -2.05. The minimum Gasteiger partial charge on any atom is -0.322 e. The van der Waals surface area contributed by atoms with Crippen molar-refractivity contribution in [2.75, 3.05) is 5.32 Å². The molecule has 1 amide bonds. The fourth-order valence-electron chi connectivity index (χ4n) is 1.31. The van der Waals surface area contributed by atoms with Crippen LogP contribution in [0.25, 0.3) is 0 Å². The van der Waals surface area contributed by atoms with Crippen LogP contribution < -0.4 is 5.32 Å². The highest BCUT2D eigenvalue weighted by Gasteiger charge is 2.06. The number of hydrogen-bond donors (Lipinski definition) is 1. The normalized spacial score (nSPS) is 10.0. The van der Waals surface area contributed by atoms with Crippen LogP contribution in [0.15, 0.2) is 47.1 Å². The Kier molecular flexibility index (Phi) is 3.76. The second-order valence-electron chi connectivity index (χ2n) is 3.33. The standard InChI is InChI=1S/C12H8BrClN2O/c13-9-3-1-2-8(6-9)12(17)16-10-4-5-15-11(14)7-10/h1-7H,(H,15,16,17). The molecule has 1 aromatic carbocycles. The van der Waals surface area contributed by atoms with Gasteiger partial charge in [-0.25, -0.2) is 4.98 Å². The zero-order valence-corrected chi connectivity index (χ0v) is 11.0. The van der Waals surface area contributed by atoms with Gasteiger partial charge in [0.25, 0.3) is 5.91 Å². The van der Waals surface area contributed by atoms with E-state index in [1.807, 2.05) is 6.07 Å². The fraction of sp³-hybridized carbons (Fsp3) is 0. The lowest BCUT2D eigenvalue weighted by Crippen LogP contribution is -2.11. The van der Waals surface area contributed by atoms with Gasteiger partial charge in [-0.05, 0) is 30.3 Å². The number of benzene rings is 1. The van der Waals surface area contributed by atoms with Crippen LogP contribution in [0, 0.1) is 0 Å². The molecular weight excluding hydrogens is 304 g/mol. The summed E-state index contributed by atoms with van der Waals surface area (Å²) in [6.07, 6.45) is 1.54. The van der Waals surface area contributed by atoms with Gasteiger partial charge in [0.2, 0.25) is 0 Å². The molecule has 0 radical (unpaired) electrons. The number of anilines is 1. The Labute approximate surface area is 112 Å². The van der Waals surface area contributed by atoms with Gasteiger partial charge in [0.15, 0.2) is 0 Å². The van der Waals surface area contributed by atoms with E-state index in [9.17, 15) is 4.79 Å². The topological polar surface area (TPSA) is 42.0 Å². The van der Waals surface area contributed by atoms with Gasteiger partial charge in [0, 0.05) is 21.9 Å². The number of hydrogen-bond acceptors (Lipinski definition) is 2. The average Bonchev–Trinajstić information content (AvgIpc) is 2.29. The number of aromatic nitrogens is 1. The average molecular weight is 312 g/mol. The van der Waals surface area contributed by atoms with E-state index in [0.717, 1.165) is 4.47 Å². The van der Waals surface area contributed by atoms with Crippen LogP contribution in [-0.4, -0.2) is 10.9 Å². The van der Waals surface area contributed by atoms with Crippen molar-refractivity contribution in [1.82, 2.24) is 4.98 Å². The summed E-state index contributed by atoms with van der Waals surface area (Å²) in [6.45, 7) is 0. The Morgan fingerprint density at radius 3 is 2.82 bits per heavy atom. The van der Waals surface area contributed by atoms with E-state index in [2.05, 4.69) is 26.2 Å². The summed E-state index contributed by atoms with van der Waals surface area (Å²) in [5, 5.41) is 3.09. The minimum atomic E-state index is -0.187. The third kappa shape index (κ3) is 3.28. The van der Waals surface area contributed by atoms with Crippen molar-refractivity contribution in [3.63, 3.8) is 0 Å². The van der Waals surface area contributed by atoms with Crippen molar-refractivity contribution in [3.05, 3.63) is 57.8 Å². The second kappa shape index (κ2) is 5.29. The predicted octanol–water partition coefficient (Wildman–Crippen LogP) is 3.75. The Bertz CT molecular complexity index is 560. The third-order valence-electron chi connectivity index (χ3n) is 2.07. The molecule has 0 bridgehead atoms. The number of halogens is 2. The smallest absolute Gasteiger partial charge is 0.255 e. The van der Waals surface area contributed by atoms with Crippen LogP contribution >= 0.6 is 27.5 Å². The molecule has 0 fully saturated rings. The number of nitrogens with zero attached hydrogens (tertiary/aromatic N) is 1. The van der Waals surface area contributed by atoms with Gasteiger partial charge in [-0.15, -0.1) is 0 Å². The van der Waals surface area contributed by atoms with Crippen LogP contribution in [0.2, 0.25) is 5.15 Å². The molecule has 1 N–H and O–H groups in total. The number of amides is 1. The molecule has 3 nitrogen and oxygen atoms in total. The van der Waals surface area contributed by atoms with Crippen LogP contribution in [0.1, 0.15) is 10.4 Å². The fourth-order valence-corrected chi connectivity index (χ4v) is 1.89. The Morgan fingerprint density at radius 2 is 2.12 bits per heavy atom. The summed E-state index contributed by atoms with van der Waals surface area (Å²) < 4.78 is 0.859. The van der Waals surface area contributed by atoms with Gasteiger partial charge >= 0.3 is 0 Å². The van der Waals surface area contributed by atoms with Crippen LogP contribution in [-0.2, 0) is 0 Å². The van der Waals surface area contributed by atoms with Crippen molar-refractivity contribution in [2.24, 2.45) is 0 Å². The van der Waals surface area contributed by atoms with Crippen LogP contribution in [0.5, 0.6) is 0 Å². The second-order valence-corrected chi connectivity index (χ2v) is 4.63. The maximum atomic E-state index is 11.9. The van der Waals surface area contributed by atoms with Crippen LogP contribution in [0.3, 0.4) is 0 Å². The summed E-state index contributed by atoms with van der Waals surface area (Å²) in [5.74, 6) is -0.187. The zero-order valence-electron chi connectivity index (χ0n) is 8.65. The number of rotatable bonds is 2. The summed E-state index contributed by atoms with van der Waals surface area (Å²) in [4.78, 5) is 15.7. The van der Waals surface area contributed by atoms with Gasteiger partial charge in [-0.3, -0.25) is 4.79 Å². The van der Waals surface area contributed by atoms with Gasteiger partial charge in [-0.1, -0.05) is 33.6 Å². The van der Waals surface area contributed by atoms with Crippen molar-refractivity contribution in [2.45, 2.75) is 0 Å². The van der Waals surface area contributed by atoms with E-state index in [4.69, 9.17) is 11.6 Å². The molecule has 0 spiro atoms. The molecule has 86 valence electrons. The van der Waals surface area contributed by atoms with Gasteiger partial charge in [0.1, 0.15) is 5.15 Å². The quantitative estimate of drug-likeness (QED) is 0.858. The molecular formula is C12H8BrClN2O. The first-order chi connectivity index (χ1) is 8.15. The zero-order chi connectivity index (χ0) is 12.3. The Hall–Kier alpha value is -1.39. The summed E-state index contributed by atoms with van der Waals surface area (Å²) >= 11 is 9.05. The first-order valence-electron chi connectivity index (χ1n) is 4.83. The molecule has 1 heterocycles. The van der Waals surface area contributed by atoms with Gasteiger partial charge in [0.05, 0.1) is 0 Å². The van der Waals surface area contributed by atoms with E-state index in [0.29, 0.717) is 16.4 Å². The van der Waals surface area contributed by atoms with Crippen molar-refractivity contribution in [3.8, 4) is 0 Å². The molecule has 2 rings (SSSR count). The molecule has 0 saturated heterocycles. The molecule has 0 aliphatic rings. The van der Waals surface area contributed by atoms with E-state index >= 15 is 0 Å². The molecule has 5 heteroatoms. The largest absolute Gasteiger partial charge is 0.322 e. The number of carbonyl (C=O) groups is 1. The molecule has 0 atom stereocenters. The minimum absolute atomic E-state index is 0.187. The number of carbonyl (C=O) groups excluding carboxylic acids is 1. The first-order valence-corrected chi connectivity index (χ1v) is 6.01. The molecule has 0 unspecified atom stereocenters. The highest BCUT2D eigenvalue weighted by atomic mass is 79.9. The summed E-state index contributed by atoms with van der Waals surface area (Å²) in [5.41, 5.74) is 1.20. The molecule has 2 aromatic rings.